The fourth-order valence-corrected chi connectivity index (χ4v) is 3.08. The third-order valence-corrected chi connectivity index (χ3v) is 4.74. The second kappa shape index (κ2) is 11.8. The second-order valence-corrected chi connectivity index (χ2v) is 6.69. The first-order chi connectivity index (χ1) is 12.1. The van der Waals surface area contributed by atoms with Gasteiger partial charge in [-0.05, 0) is 55.5 Å². The van der Waals surface area contributed by atoms with E-state index in [4.69, 9.17) is 4.74 Å². The molecule has 1 aliphatic rings. The van der Waals surface area contributed by atoms with Gasteiger partial charge >= 0.3 is 0 Å². The third-order valence-electron chi connectivity index (χ3n) is 4.74. The molecule has 146 valence electrons. The van der Waals surface area contributed by atoms with Gasteiger partial charge in [0.2, 0.25) is 11.8 Å². The first-order valence-electron chi connectivity index (χ1n) is 8.95. The number of ether oxygens (including phenoxy) is 1. The largest absolute Gasteiger partial charge is 0.497 e. The molecule has 1 saturated heterocycles. The molecule has 6 nitrogen and oxygen atoms in total. The Hall–Kier alpha value is -1.79. The molecule has 0 aliphatic carbocycles. The van der Waals surface area contributed by atoms with Gasteiger partial charge in [0, 0.05) is 13.0 Å². The number of rotatable bonds is 8. The van der Waals surface area contributed by atoms with Gasteiger partial charge < -0.3 is 20.7 Å². The van der Waals surface area contributed by atoms with Crippen LogP contribution in [0.25, 0.3) is 0 Å². The van der Waals surface area contributed by atoms with E-state index in [1.807, 2.05) is 24.3 Å². The molecule has 2 atom stereocenters. The van der Waals surface area contributed by atoms with Gasteiger partial charge in [0.1, 0.15) is 5.75 Å². The van der Waals surface area contributed by atoms with E-state index < -0.39 is 0 Å². The molecule has 0 radical (unpaired) electrons. The van der Waals surface area contributed by atoms with Crippen LogP contribution in [0.1, 0.15) is 31.7 Å². The summed E-state index contributed by atoms with van der Waals surface area (Å²) in [5.41, 5.74) is 0.985. The molecule has 3 N–H and O–H groups in total. The third kappa shape index (κ3) is 7.62. The van der Waals surface area contributed by atoms with Crippen molar-refractivity contribution in [1.82, 2.24) is 16.0 Å². The fraction of sp³-hybridized carbons (Fsp3) is 0.579. The van der Waals surface area contributed by atoms with Crippen LogP contribution in [0.2, 0.25) is 0 Å². The van der Waals surface area contributed by atoms with Gasteiger partial charge in [-0.1, -0.05) is 19.1 Å². The summed E-state index contributed by atoms with van der Waals surface area (Å²) < 4.78 is 5.10. The molecule has 1 aliphatic heterocycles. The summed E-state index contributed by atoms with van der Waals surface area (Å²) in [4.78, 5) is 23.9. The molecule has 26 heavy (non-hydrogen) atoms. The van der Waals surface area contributed by atoms with Gasteiger partial charge in [0.05, 0.1) is 13.7 Å². The summed E-state index contributed by atoms with van der Waals surface area (Å²) in [6.07, 6.45) is 2.81. The van der Waals surface area contributed by atoms with Crippen molar-refractivity contribution >= 4 is 24.2 Å². The number of piperidine rings is 1. The molecule has 2 unspecified atom stereocenters. The SMILES string of the molecule is COc1ccc(CNC(=O)CNC(=O)CC(C)C2CCCNC2)cc1.Cl. The van der Waals surface area contributed by atoms with Crippen molar-refractivity contribution in [3.05, 3.63) is 29.8 Å². The lowest BCUT2D eigenvalue weighted by atomic mass is 9.85. The van der Waals surface area contributed by atoms with Crippen LogP contribution in [0.15, 0.2) is 24.3 Å². The molecule has 1 fully saturated rings. The Morgan fingerprint density at radius 2 is 1.96 bits per heavy atom. The predicted octanol–water partition coefficient (Wildman–Crippen LogP) is 1.88. The zero-order valence-electron chi connectivity index (χ0n) is 15.5. The molecule has 2 rings (SSSR count). The summed E-state index contributed by atoms with van der Waals surface area (Å²) in [7, 11) is 1.62. The van der Waals surface area contributed by atoms with Crippen LogP contribution in [-0.2, 0) is 16.1 Å². The van der Waals surface area contributed by atoms with E-state index in [9.17, 15) is 9.59 Å². The highest BCUT2D eigenvalue weighted by Crippen LogP contribution is 2.22. The highest BCUT2D eigenvalue weighted by Gasteiger charge is 2.22. The maximum Gasteiger partial charge on any atom is 0.239 e. The van der Waals surface area contributed by atoms with Crippen molar-refractivity contribution < 1.29 is 14.3 Å². The Labute approximate surface area is 161 Å². The van der Waals surface area contributed by atoms with Crippen LogP contribution in [-0.4, -0.2) is 38.6 Å². The molecule has 1 aromatic rings. The number of carbonyl (C=O) groups is 2. The minimum Gasteiger partial charge on any atom is -0.497 e. The summed E-state index contributed by atoms with van der Waals surface area (Å²) in [6.45, 7) is 4.62. The minimum atomic E-state index is -0.184. The van der Waals surface area contributed by atoms with Crippen LogP contribution in [0.5, 0.6) is 5.75 Å². The van der Waals surface area contributed by atoms with E-state index in [2.05, 4.69) is 22.9 Å². The van der Waals surface area contributed by atoms with Crippen molar-refractivity contribution in [2.24, 2.45) is 11.8 Å². The van der Waals surface area contributed by atoms with Gasteiger partial charge in [-0.15, -0.1) is 12.4 Å². The van der Waals surface area contributed by atoms with Crippen molar-refractivity contribution in [3.8, 4) is 5.75 Å². The zero-order valence-corrected chi connectivity index (χ0v) is 16.4. The molecule has 1 heterocycles. The number of carbonyl (C=O) groups excluding carboxylic acids is 2. The quantitative estimate of drug-likeness (QED) is 0.640. The first-order valence-corrected chi connectivity index (χ1v) is 8.95. The fourth-order valence-electron chi connectivity index (χ4n) is 3.08. The van der Waals surface area contributed by atoms with Gasteiger partial charge in [-0.25, -0.2) is 0 Å². The average molecular weight is 384 g/mol. The van der Waals surface area contributed by atoms with E-state index in [0.29, 0.717) is 24.8 Å². The number of hydrogen-bond donors (Lipinski definition) is 3. The van der Waals surface area contributed by atoms with E-state index in [1.54, 1.807) is 7.11 Å². The molecule has 0 saturated carbocycles. The summed E-state index contributed by atoms with van der Waals surface area (Å²) >= 11 is 0. The summed E-state index contributed by atoms with van der Waals surface area (Å²) in [5.74, 6) is 1.41. The maximum atomic E-state index is 12.0. The molecule has 0 spiro atoms. The first kappa shape index (κ1) is 22.3. The van der Waals surface area contributed by atoms with Gasteiger partial charge in [0.15, 0.2) is 0 Å². The molecular formula is C19H30ClN3O3. The van der Waals surface area contributed by atoms with E-state index in [-0.39, 0.29) is 30.8 Å². The highest BCUT2D eigenvalue weighted by molar-refractivity contribution is 5.85. The lowest BCUT2D eigenvalue weighted by Crippen LogP contribution is -2.39. The van der Waals surface area contributed by atoms with Crippen LogP contribution in [0.3, 0.4) is 0 Å². The Kier molecular flexibility index (Phi) is 10.1. The van der Waals surface area contributed by atoms with Crippen LogP contribution in [0.4, 0.5) is 0 Å². The molecule has 0 bridgehead atoms. The van der Waals surface area contributed by atoms with Crippen molar-refractivity contribution in [3.63, 3.8) is 0 Å². The van der Waals surface area contributed by atoms with Gasteiger partial charge in [0.25, 0.3) is 0 Å². The Morgan fingerprint density at radius 1 is 1.23 bits per heavy atom. The predicted molar refractivity (Wildman–Crippen MR) is 104 cm³/mol. The second-order valence-electron chi connectivity index (χ2n) is 6.69. The van der Waals surface area contributed by atoms with Crippen molar-refractivity contribution in [2.45, 2.75) is 32.7 Å². The van der Waals surface area contributed by atoms with Gasteiger partial charge in [-0.3, -0.25) is 9.59 Å². The van der Waals surface area contributed by atoms with E-state index >= 15 is 0 Å². The minimum absolute atomic E-state index is 0. The number of methoxy groups -OCH3 is 1. The standard InChI is InChI=1S/C19H29N3O3.ClH/c1-14(16-4-3-9-20-12-16)10-18(23)22-13-19(24)21-11-15-5-7-17(25-2)8-6-15;/h5-8,14,16,20H,3-4,9-13H2,1-2H3,(H,21,24)(H,22,23);1H. The number of amides is 2. The van der Waals surface area contributed by atoms with E-state index in [0.717, 1.165) is 24.4 Å². The van der Waals surface area contributed by atoms with Crippen molar-refractivity contribution in [1.29, 1.82) is 0 Å². The average Bonchev–Trinajstić information content (AvgIpc) is 2.65. The van der Waals surface area contributed by atoms with Crippen LogP contribution >= 0.6 is 12.4 Å². The summed E-state index contributed by atoms with van der Waals surface area (Å²) in [5, 5.41) is 8.89. The van der Waals surface area contributed by atoms with E-state index in [1.165, 1.54) is 12.8 Å². The van der Waals surface area contributed by atoms with Crippen LogP contribution in [0, 0.1) is 11.8 Å². The highest BCUT2D eigenvalue weighted by atomic mass is 35.5. The zero-order chi connectivity index (χ0) is 18.1. The Bertz CT molecular complexity index is 560. The molecule has 0 aromatic heterocycles. The number of halogens is 1. The molecular weight excluding hydrogens is 354 g/mol. The molecule has 7 heteroatoms. The lowest BCUT2D eigenvalue weighted by Gasteiger charge is -2.27. The van der Waals surface area contributed by atoms with Gasteiger partial charge in [-0.2, -0.15) is 0 Å². The number of hydrogen-bond acceptors (Lipinski definition) is 4. The van der Waals surface area contributed by atoms with Crippen LogP contribution < -0.4 is 20.7 Å². The lowest BCUT2D eigenvalue weighted by molar-refractivity contribution is -0.126. The monoisotopic (exact) mass is 383 g/mol. The Balaban J connectivity index is 0.00000338. The normalized spacial score (nSPS) is 17.5. The Morgan fingerprint density at radius 3 is 2.58 bits per heavy atom. The molecule has 1 aromatic carbocycles. The smallest absolute Gasteiger partial charge is 0.239 e. The summed E-state index contributed by atoms with van der Waals surface area (Å²) in [6, 6.07) is 7.50. The topological polar surface area (TPSA) is 79.5 Å². The van der Waals surface area contributed by atoms with Crippen molar-refractivity contribution in [2.75, 3.05) is 26.7 Å². The molecule has 2 amide bonds. The number of nitrogens with one attached hydrogen (secondary N) is 3. The number of benzene rings is 1. The maximum absolute atomic E-state index is 12.0.